The second-order valence-electron chi connectivity index (χ2n) is 9.32. The van der Waals surface area contributed by atoms with Gasteiger partial charge in [0.25, 0.3) is 0 Å². The van der Waals surface area contributed by atoms with Crippen molar-refractivity contribution in [3.63, 3.8) is 0 Å². The smallest absolute Gasteiger partial charge is 0.405 e. The van der Waals surface area contributed by atoms with Gasteiger partial charge in [-0.1, -0.05) is 24.3 Å². The average molecular weight is 489 g/mol. The second kappa shape index (κ2) is 8.30. The largest absolute Gasteiger partial charge is 0.480 e. The first-order valence-electron chi connectivity index (χ1n) is 10.6. The predicted molar refractivity (Wildman–Crippen MR) is 123 cm³/mol. The van der Waals surface area contributed by atoms with Gasteiger partial charge >= 0.3 is 6.09 Å². The van der Waals surface area contributed by atoms with Crippen molar-refractivity contribution in [1.29, 1.82) is 0 Å². The minimum absolute atomic E-state index is 0.122. The Morgan fingerprint density at radius 2 is 2.06 bits per heavy atom. The summed E-state index contributed by atoms with van der Waals surface area (Å²) in [6.07, 6.45) is 4.60. The molecular weight excluding hydrogens is 460 g/mol. The first-order valence-corrected chi connectivity index (χ1v) is 11.4. The van der Waals surface area contributed by atoms with Gasteiger partial charge < -0.3 is 20.1 Å². The summed E-state index contributed by atoms with van der Waals surface area (Å²) in [4.78, 5) is 22.6. The molecule has 1 aromatic carbocycles. The maximum absolute atomic E-state index is 11.3. The van der Waals surface area contributed by atoms with Crippen LogP contribution in [0.4, 0.5) is 10.7 Å². The molecule has 1 aliphatic carbocycles. The molecule has 1 aliphatic heterocycles. The molecule has 0 bridgehead atoms. The van der Waals surface area contributed by atoms with E-state index in [2.05, 4.69) is 60.4 Å². The Balaban J connectivity index is 1.57. The van der Waals surface area contributed by atoms with Gasteiger partial charge in [0.05, 0.1) is 17.8 Å². The Labute approximate surface area is 191 Å². The summed E-state index contributed by atoms with van der Waals surface area (Å²) >= 11 is 3.42. The van der Waals surface area contributed by atoms with Crippen molar-refractivity contribution in [3.8, 4) is 5.88 Å². The molecule has 8 heteroatoms. The topological polar surface area (TPSA) is 87.6 Å². The highest BCUT2D eigenvalue weighted by atomic mass is 79.9. The van der Waals surface area contributed by atoms with E-state index >= 15 is 0 Å². The van der Waals surface area contributed by atoms with Gasteiger partial charge in [-0.2, -0.15) is 4.98 Å². The van der Waals surface area contributed by atoms with Crippen molar-refractivity contribution >= 4 is 28.0 Å². The summed E-state index contributed by atoms with van der Waals surface area (Å²) in [5.74, 6) is 1.54. The van der Waals surface area contributed by atoms with Gasteiger partial charge in [-0.15, -0.1) is 0 Å². The molecule has 2 aromatic rings. The number of amides is 1. The van der Waals surface area contributed by atoms with E-state index in [1.165, 1.54) is 11.1 Å². The number of fused-ring (bicyclic) bond motifs is 1. The fourth-order valence-electron chi connectivity index (χ4n) is 5.36. The molecule has 0 unspecified atom stereocenters. The molecule has 1 aromatic heterocycles. The number of carboxylic acid groups (broad SMARTS) is 1. The number of ether oxygens (including phenoxy) is 1. The lowest BCUT2D eigenvalue weighted by molar-refractivity contribution is 0.143. The van der Waals surface area contributed by atoms with Crippen LogP contribution in [0.1, 0.15) is 50.2 Å². The second-order valence-corrected chi connectivity index (χ2v) is 10.2. The third kappa shape index (κ3) is 4.35. The van der Waals surface area contributed by atoms with Crippen molar-refractivity contribution in [2.24, 2.45) is 5.41 Å². The Kier molecular flexibility index (Phi) is 5.85. The molecule has 1 atom stereocenters. The highest BCUT2D eigenvalue weighted by Crippen LogP contribution is 2.56. The van der Waals surface area contributed by atoms with E-state index < -0.39 is 11.6 Å². The van der Waals surface area contributed by atoms with Crippen molar-refractivity contribution in [2.75, 3.05) is 25.1 Å². The standard InChI is InChI=1S/C23H29BrN4O3/c1-22(2,27-21(29)30)13-17-16-7-5-4-6-15(16)12-23(17)8-10-28(11-9-23)20-25-14-18(24)19(26-20)31-3/h4-7,14,17,27H,8-13H2,1-3H3,(H,29,30)/t17-/m1/s1. The van der Waals surface area contributed by atoms with Crippen molar-refractivity contribution in [2.45, 2.75) is 51.0 Å². The number of piperidine rings is 1. The summed E-state index contributed by atoms with van der Waals surface area (Å²) in [5.41, 5.74) is 2.39. The Bertz CT molecular complexity index is 973. The molecule has 1 fully saturated rings. The van der Waals surface area contributed by atoms with Crippen LogP contribution in [0.15, 0.2) is 34.9 Å². The van der Waals surface area contributed by atoms with Crippen molar-refractivity contribution < 1.29 is 14.6 Å². The van der Waals surface area contributed by atoms with E-state index in [1.54, 1.807) is 13.3 Å². The molecular formula is C23H29BrN4O3. The fraction of sp³-hybridized carbons (Fsp3) is 0.522. The molecule has 0 saturated carbocycles. The number of halogens is 1. The summed E-state index contributed by atoms with van der Waals surface area (Å²) in [6, 6.07) is 8.65. The number of nitrogens with one attached hydrogen (secondary N) is 1. The molecule has 7 nitrogen and oxygen atoms in total. The first kappa shape index (κ1) is 21.9. The van der Waals surface area contributed by atoms with Gasteiger partial charge in [-0.05, 0) is 77.9 Å². The maximum Gasteiger partial charge on any atom is 0.405 e. The van der Waals surface area contributed by atoms with E-state index in [1.807, 2.05) is 13.8 Å². The third-order valence-electron chi connectivity index (χ3n) is 6.81. The van der Waals surface area contributed by atoms with Crippen LogP contribution in [0, 0.1) is 5.41 Å². The van der Waals surface area contributed by atoms with Crippen molar-refractivity contribution in [3.05, 3.63) is 46.1 Å². The van der Waals surface area contributed by atoms with Gasteiger partial charge in [0.2, 0.25) is 11.8 Å². The lowest BCUT2D eigenvalue weighted by Gasteiger charge is -2.45. The highest BCUT2D eigenvalue weighted by molar-refractivity contribution is 9.10. The zero-order valence-electron chi connectivity index (χ0n) is 18.2. The van der Waals surface area contributed by atoms with Crippen LogP contribution < -0.4 is 15.0 Å². The summed E-state index contributed by atoms with van der Waals surface area (Å²) in [5, 5.41) is 12.0. The van der Waals surface area contributed by atoms with Crippen LogP contribution in [-0.4, -0.2) is 46.9 Å². The normalized spacial score (nSPS) is 19.9. The number of methoxy groups -OCH3 is 1. The fourth-order valence-corrected chi connectivity index (χ4v) is 5.71. The number of aromatic nitrogens is 2. The quantitative estimate of drug-likeness (QED) is 0.638. The summed E-state index contributed by atoms with van der Waals surface area (Å²) < 4.78 is 6.08. The zero-order chi connectivity index (χ0) is 22.2. The molecule has 1 spiro atoms. The van der Waals surface area contributed by atoms with Crippen LogP contribution >= 0.6 is 15.9 Å². The number of hydrogen-bond acceptors (Lipinski definition) is 5. The summed E-state index contributed by atoms with van der Waals surface area (Å²) in [6.45, 7) is 5.68. The number of nitrogens with zero attached hydrogens (tertiary/aromatic N) is 3. The number of rotatable bonds is 5. The van der Waals surface area contributed by atoms with Crippen LogP contribution in [0.2, 0.25) is 0 Å². The van der Waals surface area contributed by atoms with E-state index in [4.69, 9.17) is 4.74 Å². The lowest BCUT2D eigenvalue weighted by atomic mass is 9.66. The van der Waals surface area contributed by atoms with Gasteiger partial charge in [0.1, 0.15) is 0 Å². The third-order valence-corrected chi connectivity index (χ3v) is 7.35. The number of hydrogen-bond donors (Lipinski definition) is 2. The zero-order valence-corrected chi connectivity index (χ0v) is 19.8. The SMILES string of the molecule is COc1nc(N2CCC3(CC2)Cc2ccccc2[C@H]3CC(C)(C)NC(=O)O)ncc1Br. The van der Waals surface area contributed by atoms with E-state index in [0.717, 1.165) is 43.2 Å². The minimum atomic E-state index is -0.971. The molecule has 4 rings (SSSR count). The van der Waals surface area contributed by atoms with Gasteiger partial charge in [-0.3, -0.25) is 0 Å². The van der Waals surface area contributed by atoms with Crippen LogP contribution in [0.25, 0.3) is 0 Å². The Hall–Kier alpha value is -2.35. The molecule has 2 N–H and O–H groups in total. The molecule has 2 heterocycles. The van der Waals surface area contributed by atoms with Gasteiger partial charge in [-0.25, -0.2) is 9.78 Å². The molecule has 31 heavy (non-hydrogen) atoms. The van der Waals surface area contributed by atoms with Gasteiger partial charge in [0.15, 0.2) is 0 Å². The van der Waals surface area contributed by atoms with E-state index in [-0.39, 0.29) is 5.41 Å². The monoisotopic (exact) mass is 488 g/mol. The molecule has 166 valence electrons. The predicted octanol–water partition coefficient (Wildman–Crippen LogP) is 4.61. The van der Waals surface area contributed by atoms with Crippen LogP contribution in [0.3, 0.4) is 0 Å². The van der Waals surface area contributed by atoms with Crippen molar-refractivity contribution in [1.82, 2.24) is 15.3 Å². The molecule has 2 aliphatic rings. The molecule has 1 amide bonds. The molecule has 0 radical (unpaired) electrons. The number of carbonyl (C=O) groups is 1. The lowest BCUT2D eigenvalue weighted by Crippen LogP contribution is -2.48. The van der Waals surface area contributed by atoms with Crippen LogP contribution in [0.5, 0.6) is 5.88 Å². The van der Waals surface area contributed by atoms with E-state index in [9.17, 15) is 9.90 Å². The van der Waals surface area contributed by atoms with Gasteiger partial charge in [0, 0.05) is 18.6 Å². The Morgan fingerprint density at radius 1 is 1.35 bits per heavy atom. The summed E-state index contributed by atoms with van der Waals surface area (Å²) in [7, 11) is 1.61. The number of anilines is 1. The minimum Gasteiger partial charge on any atom is -0.480 e. The average Bonchev–Trinajstić information content (AvgIpc) is 3.00. The highest BCUT2D eigenvalue weighted by Gasteiger charge is 2.49. The maximum atomic E-state index is 11.3. The molecule has 1 saturated heterocycles. The first-order chi connectivity index (χ1) is 14.7. The van der Waals surface area contributed by atoms with Crippen LogP contribution in [-0.2, 0) is 6.42 Å². The Morgan fingerprint density at radius 3 is 2.74 bits per heavy atom. The van der Waals surface area contributed by atoms with E-state index in [0.29, 0.717) is 17.7 Å². The number of benzene rings is 1.